The van der Waals surface area contributed by atoms with Crippen molar-refractivity contribution in [1.29, 1.82) is 0 Å². The van der Waals surface area contributed by atoms with E-state index >= 15 is 4.39 Å². The first-order valence-electron chi connectivity index (χ1n) is 17.5. The Morgan fingerprint density at radius 3 is 2.15 bits per heavy atom. The van der Waals surface area contributed by atoms with Crippen LogP contribution in [0.2, 0.25) is 0 Å². The molecule has 0 unspecified atom stereocenters. The highest BCUT2D eigenvalue weighted by molar-refractivity contribution is 7.53. The summed E-state index contributed by atoms with van der Waals surface area (Å²) >= 11 is 0. The summed E-state index contributed by atoms with van der Waals surface area (Å²) in [5, 5.41) is 5.83. The molecule has 0 aliphatic heterocycles. The van der Waals surface area contributed by atoms with Gasteiger partial charge >= 0.3 is 7.60 Å². The highest BCUT2D eigenvalue weighted by atomic mass is 31.2. The maximum Gasteiger partial charge on any atom is 0.344 e. The van der Waals surface area contributed by atoms with Gasteiger partial charge in [-0.2, -0.15) is 0 Å². The number of nitrogens with one attached hydrogen (secondary N) is 2. The van der Waals surface area contributed by atoms with E-state index in [2.05, 4.69) is 15.6 Å². The molecule has 12 nitrogen and oxygen atoms in total. The number of rotatable bonds is 19. The SMILES string of the molecule is CCOP(=O)(CN(CCCOc1cc2c(Oc3ccc(NC(=O)C4(C(=O)Nc5ccc(F)cc5)CC4)cc3F)ccnc2cc1OC)C(C)C)OCC. The lowest BCUT2D eigenvalue weighted by atomic mass is 10.0. The van der Waals surface area contributed by atoms with Crippen LogP contribution < -0.4 is 24.8 Å². The molecule has 1 aliphatic rings. The molecule has 1 aromatic heterocycles. The summed E-state index contributed by atoms with van der Waals surface area (Å²) in [4.78, 5) is 32.5. The van der Waals surface area contributed by atoms with Crippen molar-refractivity contribution in [3.8, 4) is 23.0 Å². The van der Waals surface area contributed by atoms with E-state index in [1.54, 1.807) is 32.0 Å². The van der Waals surface area contributed by atoms with E-state index in [9.17, 15) is 18.5 Å². The number of fused-ring (bicyclic) bond motifs is 1. The average molecular weight is 755 g/mol. The second kappa shape index (κ2) is 17.5. The van der Waals surface area contributed by atoms with Gasteiger partial charge in [0.05, 0.1) is 32.4 Å². The molecule has 1 fully saturated rings. The quantitative estimate of drug-likeness (QED) is 0.0546. The Morgan fingerprint density at radius 1 is 0.887 bits per heavy atom. The van der Waals surface area contributed by atoms with Crippen molar-refractivity contribution in [2.24, 2.45) is 5.41 Å². The maximum absolute atomic E-state index is 15.4. The number of amides is 2. The molecular formula is C38H45F2N4O8P. The van der Waals surface area contributed by atoms with E-state index in [1.165, 1.54) is 49.7 Å². The summed E-state index contributed by atoms with van der Waals surface area (Å²) in [6.45, 7) is 9.05. The van der Waals surface area contributed by atoms with Crippen molar-refractivity contribution < 1.29 is 46.2 Å². The number of aromatic nitrogens is 1. The molecule has 0 saturated heterocycles. The number of nitrogens with zero attached hydrogens (tertiary/aromatic N) is 2. The monoisotopic (exact) mass is 754 g/mol. The van der Waals surface area contributed by atoms with Crippen molar-refractivity contribution in [1.82, 2.24) is 9.88 Å². The lowest BCUT2D eigenvalue weighted by Crippen LogP contribution is -2.35. The van der Waals surface area contributed by atoms with Gasteiger partial charge in [0.15, 0.2) is 23.1 Å². The Kier molecular flexibility index (Phi) is 13.0. The van der Waals surface area contributed by atoms with Crippen molar-refractivity contribution >= 4 is 41.7 Å². The minimum atomic E-state index is -3.27. The Bertz CT molecular complexity index is 1950. The Balaban J connectivity index is 1.24. The fourth-order valence-electron chi connectivity index (χ4n) is 5.66. The smallest absolute Gasteiger partial charge is 0.344 e. The second-order valence-electron chi connectivity index (χ2n) is 12.8. The molecule has 2 N–H and O–H groups in total. The molecule has 1 aliphatic carbocycles. The molecule has 0 bridgehead atoms. The van der Waals surface area contributed by atoms with Gasteiger partial charge in [0.1, 0.15) is 23.3 Å². The average Bonchev–Trinajstić information content (AvgIpc) is 3.94. The molecule has 3 aromatic carbocycles. The van der Waals surface area contributed by atoms with Gasteiger partial charge in [-0.05, 0) is 95.5 Å². The van der Waals surface area contributed by atoms with E-state index < -0.39 is 36.5 Å². The van der Waals surface area contributed by atoms with Crippen LogP contribution in [0.5, 0.6) is 23.0 Å². The molecule has 1 saturated carbocycles. The van der Waals surface area contributed by atoms with Gasteiger partial charge in [-0.3, -0.25) is 24.0 Å². The third-order valence-corrected chi connectivity index (χ3v) is 10.7. The van der Waals surface area contributed by atoms with Crippen molar-refractivity contribution in [2.75, 3.05) is 50.4 Å². The molecule has 2 amide bonds. The number of pyridine rings is 1. The molecule has 284 valence electrons. The van der Waals surface area contributed by atoms with Crippen molar-refractivity contribution in [3.63, 3.8) is 0 Å². The minimum Gasteiger partial charge on any atom is -0.493 e. The van der Waals surface area contributed by atoms with Crippen LogP contribution in [0.15, 0.2) is 66.9 Å². The third-order valence-electron chi connectivity index (χ3n) is 8.70. The first kappa shape index (κ1) is 39.6. The van der Waals surface area contributed by atoms with Crippen molar-refractivity contribution in [3.05, 3.63) is 78.5 Å². The number of hydrogen-bond acceptors (Lipinski definition) is 10. The summed E-state index contributed by atoms with van der Waals surface area (Å²) in [5.74, 6) is -1.20. The highest BCUT2D eigenvalue weighted by Gasteiger charge is 2.56. The van der Waals surface area contributed by atoms with Crippen LogP contribution >= 0.6 is 7.60 Å². The summed E-state index contributed by atoms with van der Waals surface area (Å²) in [5.41, 5.74) is -0.266. The summed E-state index contributed by atoms with van der Waals surface area (Å²) in [7, 11) is -1.75. The summed E-state index contributed by atoms with van der Waals surface area (Å²) in [6.07, 6.45) is 2.94. The summed E-state index contributed by atoms with van der Waals surface area (Å²) in [6, 6.07) is 14.3. The van der Waals surface area contributed by atoms with Gasteiger partial charge in [0, 0.05) is 47.7 Å². The minimum absolute atomic E-state index is 0.0892. The lowest BCUT2D eigenvalue weighted by Gasteiger charge is -2.29. The number of ether oxygens (including phenoxy) is 3. The third kappa shape index (κ3) is 9.88. The van der Waals surface area contributed by atoms with Gasteiger partial charge < -0.3 is 33.9 Å². The lowest BCUT2D eigenvalue weighted by molar-refractivity contribution is -0.131. The van der Waals surface area contributed by atoms with Crippen LogP contribution in [-0.2, 0) is 23.2 Å². The number of benzene rings is 3. The highest BCUT2D eigenvalue weighted by Crippen LogP contribution is 2.49. The molecule has 4 aromatic rings. The summed E-state index contributed by atoms with van der Waals surface area (Å²) < 4.78 is 70.5. The van der Waals surface area contributed by atoms with Crippen LogP contribution in [-0.4, -0.2) is 67.5 Å². The van der Waals surface area contributed by atoms with Gasteiger partial charge in [-0.1, -0.05) is 0 Å². The Hall–Kier alpha value is -4.62. The number of methoxy groups -OCH3 is 1. The first-order chi connectivity index (χ1) is 25.4. The predicted molar refractivity (Wildman–Crippen MR) is 198 cm³/mol. The fraction of sp³-hybridized carbons (Fsp3) is 0.395. The zero-order valence-electron chi connectivity index (χ0n) is 30.4. The Morgan fingerprint density at radius 2 is 1.55 bits per heavy atom. The number of anilines is 2. The number of hydrogen-bond donors (Lipinski definition) is 2. The maximum atomic E-state index is 15.4. The van der Waals surface area contributed by atoms with Gasteiger partial charge in [-0.15, -0.1) is 0 Å². The van der Waals surface area contributed by atoms with E-state index in [1.807, 2.05) is 18.7 Å². The molecule has 53 heavy (non-hydrogen) atoms. The predicted octanol–water partition coefficient (Wildman–Crippen LogP) is 8.37. The van der Waals surface area contributed by atoms with Gasteiger partial charge in [0.2, 0.25) is 11.8 Å². The van der Waals surface area contributed by atoms with Crippen LogP contribution in [0.25, 0.3) is 10.9 Å². The molecule has 0 radical (unpaired) electrons. The van der Waals surface area contributed by atoms with E-state index in [0.717, 1.165) is 6.07 Å². The van der Waals surface area contributed by atoms with Gasteiger partial charge in [-0.25, -0.2) is 8.78 Å². The number of halogens is 2. The number of carbonyl (C=O) groups excluding carboxylic acids is 2. The van der Waals surface area contributed by atoms with Crippen LogP contribution in [0.4, 0.5) is 20.2 Å². The van der Waals surface area contributed by atoms with E-state index in [0.29, 0.717) is 66.3 Å². The van der Waals surface area contributed by atoms with E-state index in [4.69, 9.17) is 23.3 Å². The normalized spacial score (nSPS) is 13.6. The first-order valence-corrected chi connectivity index (χ1v) is 19.2. The molecule has 0 atom stereocenters. The molecule has 5 rings (SSSR count). The largest absolute Gasteiger partial charge is 0.493 e. The van der Waals surface area contributed by atoms with Gasteiger partial charge in [0.25, 0.3) is 0 Å². The van der Waals surface area contributed by atoms with Crippen LogP contribution in [0, 0.1) is 17.0 Å². The molecule has 1 heterocycles. The standard InChI is InChI=1S/C38H45F2N4O8P/c1-6-50-53(47,51-7-2)24-44(25(3)4)19-8-20-49-35-22-29-31(23-34(35)48-5)41-18-15-32(29)52-33-14-13-28(21-30(33)40)43-37(46)38(16-17-38)36(45)42-27-11-9-26(39)10-12-27/h9-15,18,21-23,25H,6-8,16-17,19-20,24H2,1-5H3,(H,42,45)(H,43,46). The van der Waals surface area contributed by atoms with E-state index in [-0.39, 0.29) is 37.0 Å². The molecular weight excluding hydrogens is 709 g/mol. The van der Waals surface area contributed by atoms with Crippen molar-refractivity contribution in [2.45, 2.75) is 53.0 Å². The zero-order chi connectivity index (χ0) is 38.2. The van der Waals surface area contributed by atoms with Crippen LogP contribution in [0.1, 0.15) is 47.0 Å². The zero-order valence-corrected chi connectivity index (χ0v) is 31.3. The molecule has 0 spiro atoms. The Labute approximate surface area is 307 Å². The number of carbonyl (C=O) groups is 2. The second-order valence-corrected chi connectivity index (χ2v) is 14.8. The van der Waals surface area contributed by atoms with Crippen LogP contribution in [0.3, 0.4) is 0 Å². The topological polar surface area (TPSA) is 138 Å². The fourth-order valence-corrected chi connectivity index (χ4v) is 7.60. The molecule has 15 heteroatoms.